The number of methoxy groups -OCH3 is 1. The standard InChI is InChI=1S/C24H36O3/c1-15(2)10-9-11-18-12-13-24(19(14-18)16(3)4)20(25)17(5)21(27-8)23(6,7)22(24)26/h10,12,16,19H,9,11,13-14H2,1-8H3/t19-,24?/m0/s1. The van der Waals surface area contributed by atoms with E-state index < -0.39 is 10.8 Å². The third kappa shape index (κ3) is 3.58. The molecule has 2 aliphatic rings. The number of allylic oxidation sites excluding steroid dienone is 6. The summed E-state index contributed by atoms with van der Waals surface area (Å²) >= 11 is 0. The number of ketones is 2. The Morgan fingerprint density at radius 2 is 1.93 bits per heavy atom. The fourth-order valence-corrected chi connectivity index (χ4v) is 5.15. The van der Waals surface area contributed by atoms with Gasteiger partial charge in [0.05, 0.1) is 17.9 Å². The van der Waals surface area contributed by atoms with Crippen molar-refractivity contribution in [1.29, 1.82) is 0 Å². The van der Waals surface area contributed by atoms with Crippen molar-refractivity contribution < 1.29 is 14.3 Å². The normalized spacial score (nSPS) is 27.9. The number of Topliss-reactive ketones (excluding diaryl/α,β-unsaturated/α-hetero) is 2. The molecule has 0 N–H and O–H groups in total. The molecule has 0 radical (unpaired) electrons. The largest absolute Gasteiger partial charge is 0.500 e. The fraction of sp³-hybridized carbons (Fsp3) is 0.667. The van der Waals surface area contributed by atoms with Crippen LogP contribution in [0.3, 0.4) is 0 Å². The van der Waals surface area contributed by atoms with Gasteiger partial charge in [0.15, 0.2) is 11.6 Å². The van der Waals surface area contributed by atoms with Gasteiger partial charge in [-0.3, -0.25) is 9.59 Å². The molecule has 1 spiro atoms. The zero-order chi connectivity index (χ0) is 20.6. The van der Waals surface area contributed by atoms with Crippen molar-refractivity contribution in [2.24, 2.45) is 22.7 Å². The van der Waals surface area contributed by atoms with Gasteiger partial charge in [0.2, 0.25) is 0 Å². The van der Waals surface area contributed by atoms with E-state index in [9.17, 15) is 9.59 Å². The van der Waals surface area contributed by atoms with Crippen LogP contribution in [0.5, 0.6) is 0 Å². The van der Waals surface area contributed by atoms with Crippen molar-refractivity contribution in [1.82, 2.24) is 0 Å². The van der Waals surface area contributed by atoms with Gasteiger partial charge in [-0.15, -0.1) is 0 Å². The van der Waals surface area contributed by atoms with E-state index in [1.165, 1.54) is 11.1 Å². The van der Waals surface area contributed by atoms with E-state index in [4.69, 9.17) is 4.74 Å². The lowest BCUT2D eigenvalue weighted by atomic mass is 9.51. The maximum Gasteiger partial charge on any atom is 0.176 e. The molecular weight excluding hydrogens is 336 g/mol. The van der Waals surface area contributed by atoms with Crippen molar-refractivity contribution in [3.63, 3.8) is 0 Å². The second kappa shape index (κ2) is 7.77. The lowest BCUT2D eigenvalue weighted by Gasteiger charge is -2.50. The van der Waals surface area contributed by atoms with Gasteiger partial charge < -0.3 is 4.74 Å². The SMILES string of the molecule is COC1=C(C)C(=O)C2(CC=C(CCC=C(C)C)C[C@H]2C(C)C)C(=O)C1(C)C. The zero-order valence-electron chi connectivity index (χ0n) is 18.4. The summed E-state index contributed by atoms with van der Waals surface area (Å²) in [7, 11) is 1.56. The van der Waals surface area contributed by atoms with Crippen LogP contribution in [0.4, 0.5) is 0 Å². The van der Waals surface area contributed by atoms with Crippen LogP contribution in [0.15, 0.2) is 34.6 Å². The minimum absolute atomic E-state index is 0.0260. The number of carbonyl (C=O) groups excluding carboxylic acids is 2. The van der Waals surface area contributed by atoms with Gasteiger partial charge in [-0.1, -0.05) is 37.1 Å². The van der Waals surface area contributed by atoms with E-state index in [-0.39, 0.29) is 23.4 Å². The van der Waals surface area contributed by atoms with Gasteiger partial charge in [-0.05, 0) is 72.1 Å². The molecule has 2 rings (SSSR count). The maximum absolute atomic E-state index is 13.7. The van der Waals surface area contributed by atoms with Gasteiger partial charge in [-0.25, -0.2) is 0 Å². The minimum Gasteiger partial charge on any atom is -0.500 e. The highest BCUT2D eigenvalue weighted by molar-refractivity contribution is 6.19. The third-order valence-corrected chi connectivity index (χ3v) is 6.48. The summed E-state index contributed by atoms with van der Waals surface area (Å²) in [4.78, 5) is 27.2. The average Bonchev–Trinajstić information content (AvgIpc) is 2.59. The topological polar surface area (TPSA) is 43.4 Å². The summed E-state index contributed by atoms with van der Waals surface area (Å²) in [6.07, 6.45) is 7.81. The molecule has 0 amide bonds. The molecule has 0 saturated heterocycles. The number of rotatable bonds is 5. The van der Waals surface area contributed by atoms with Crippen molar-refractivity contribution in [2.45, 2.75) is 74.1 Å². The second-order valence-electron chi connectivity index (χ2n) is 9.35. The highest BCUT2D eigenvalue weighted by Gasteiger charge is 2.61. The number of hydrogen-bond acceptors (Lipinski definition) is 3. The Kier molecular flexibility index (Phi) is 6.23. The van der Waals surface area contributed by atoms with Crippen LogP contribution in [-0.4, -0.2) is 18.7 Å². The fourth-order valence-electron chi connectivity index (χ4n) is 5.15. The highest BCUT2D eigenvalue weighted by Crippen LogP contribution is 2.55. The van der Waals surface area contributed by atoms with Crippen molar-refractivity contribution in [2.75, 3.05) is 7.11 Å². The van der Waals surface area contributed by atoms with Crippen molar-refractivity contribution in [3.05, 3.63) is 34.6 Å². The van der Waals surface area contributed by atoms with E-state index >= 15 is 0 Å². The summed E-state index contributed by atoms with van der Waals surface area (Å²) in [5.74, 6) is 0.835. The monoisotopic (exact) mass is 372 g/mol. The predicted octanol–water partition coefficient (Wildman–Crippen LogP) is 5.81. The molecule has 27 heavy (non-hydrogen) atoms. The quantitative estimate of drug-likeness (QED) is 0.452. The molecule has 0 aliphatic heterocycles. The Hall–Kier alpha value is -1.64. The molecule has 0 saturated carbocycles. The maximum atomic E-state index is 13.7. The molecule has 0 bridgehead atoms. The first-order valence-corrected chi connectivity index (χ1v) is 10.2. The lowest BCUT2D eigenvalue weighted by Crippen LogP contribution is -2.57. The van der Waals surface area contributed by atoms with Gasteiger partial charge in [0.1, 0.15) is 5.76 Å². The summed E-state index contributed by atoms with van der Waals surface area (Å²) < 4.78 is 5.50. The zero-order valence-corrected chi connectivity index (χ0v) is 18.4. The smallest absolute Gasteiger partial charge is 0.176 e. The molecule has 0 aromatic carbocycles. The number of ether oxygens (including phenoxy) is 1. The Bertz CT molecular complexity index is 714. The van der Waals surface area contributed by atoms with E-state index in [0.717, 1.165) is 19.3 Å². The molecule has 0 aromatic rings. The first-order chi connectivity index (χ1) is 12.5. The summed E-state index contributed by atoms with van der Waals surface area (Å²) in [6.45, 7) is 14.1. The molecule has 2 aliphatic carbocycles. The highest BCUT2D eigenvalue weighted by atomic mass is 16.5. The van der Waals surface area contributed by atoms with Gasteiger partial charge in [-0.2, -0.15) is 0 Å². The lowest BCUT2D eigenvalue weighted by molar-refractivity contribution is -0.153. The number of carbonyl (C=O) groups is 2. The minimum atomic E-state index is -0.941. The van der Waals surface area contributed by atoms with Crippen LogP contribution in [-0.2, 0) is 14.3 Å². The van der Waals surface area contributed by atoms with Crippen LogP contribution < -0.4 is 0 Å². The average molecular weight is 373 g/mol. The van der Waals surface area contributed by atoms with Crippen LogP contribution in [0.25, 0.3) is 0 Å². The Balaban J connectivity index is 2.49. The second-order valence-corrected chi connectivity index (χ2v) is 9.35. The van der Waals surface area contributed by atoms with E-state index in [0.29, 0.717) is 17.8 Å². The molecule has 1 unspecified atom stereocenters. The predicted molar refractivity (Wildman–Crippen MR) is 110 cm³/mol. The Morgan fingerprint density at radius 1 is 1.30 bits per heavy atom. The Labute approximate surface area is 164 Å². The van der Waals surface area contributed by atoms with Crippen molar-refractivity contribution in [3.8, 4) is 0 Å². The summed E-state index contributed by atoms with van der Waals surface area (Å²) in [5, 5.41) is 0. The van der Waals surface area contributed by atoms with Crippen LogP contribution in [0.1, 0.15) is 74.1 Å². The molecule has 150 valence electrons. The third-order valence-electron chi connectivity index (χ3n) is 6.48. The van der Waals surface area contributed by atoms with Gasteiger partial charge in [0, 0.05) is 5.57 Å². The van der Waals surface area contributed by atoms with Crippen LogP contribution in [0.2, 0.25) is 0 Å². The summed E-state index contributed by atoms with van der Waals surface area (Å²) in [6, 6.07) is 0. The molecule has 0 aromatic heterocycles. The molecular formula is C24H36O3. The number of hydrogen-bond donors (Lipinski definition) is 0. The molecule has 0 fully saturated rings. The summed E-state index contributed by atoms with van der Waals surface area (Å²) in [5.41, 5.74) is 1.62. The first-order valence-electron chi connectivity index (χ1n) is 10.2. The first kappa shape index (κ1) is 21.7. The molecule has 3 nitrogen and oxygen atoms in total. The molecule has 2 atom stereocenters. The molecule has 3 heteroatoms. The molecule has 0 heterocycles. The van der Waals surface area contributed by atoms with E-state index in [2.05, 4.69) is 39.8 Å². The van der Waals surface area contributed by atoms with E-state index in [1.54, 1.807) is 7.11 Å². The van der Waals surface area contributed by atoms with Crippen LogP contribution >= 0.6 is 0 Å². The van der Waals surface area contributed by atoms with Crippen molar-refractivity contribution >= 4 is 11.6 Å². The Morgan fingerprint density at radius 3 is 2.44 bits per heavy atom. The van der Waals surface area contributed by atoms with Gasteiger partial charge in [0.25, 0.3) is 0 Å². The van der Waals surface area contributed by atoms with E-state index in [1.807, 2.05) is 20.8 Å². The van der Waals surface area contributed by atoms with Crippen LogP contribution in [0, 0.1) is 22.7 Å². The van der Waals surface area contributed by atoms with Gasteiger partial charge >= 0.3 is 0 Å².